The van der Waals surface area contributed by atoms with E-state index in [2.05, 4.69) is 5.32 Å². The smallest absolute Gasteiger partial charge is 0.341 e. The number of amides is 1. The lowest BCUT2D eigenvalue weighted by Crippen LogP contribution is -2.24. The Morgan fingerprint density at radius 1 is 1.17 bits per heavy atom. The largest absolute Gasteiger partial charge is 0.481 e. The highest BCUT2D eigenvalue weighted by Gasteiger charge is 2.15. The molecule has 6 heteroatoms. The fourth-order valence-electron chi connectivity index (χ4n) is 2.23. The maximum absolute atomic E-state index is 12.1. The number of carbonyl (C=O) groups excluding carboxylic acids is 1. The number of carboxylic acid groups (broad SMARTS) is 1. The summed E-state index contributed by atoms with van der Waals surface area (Å²) in [5, 5.41) is 13.1. The van der Waals surface area contributed by atoms with Gasteiger partial charge in [0, 0.05) is 23.6 Å². The zero-order valence-corrected chi connectivity index (χ0v) is 13.0. The molecule has 0 spiro atoms. The molecule has 0 saturated carbocycles. The van der Waals surface area contributed by atoms with E-state index in [9.17, 15) is 9.59 Å². The summed E-state index contributed by atoms with van der Waals surface area (Å²) in [4.78, 5) is 22.8. The van der Waals surface area contributed by atoms with Gasteiger partial charge < -0.3 is 19.9 Å². The summed E-state index contributed by atoms with van der Waals surface area (Å²) in [6, 6.07) is 10.7. The average Bonchev–Trinajstić information content (AvgIpc) is 2.54. The van der Waals surface area contributed by atoms with E-state index >= 15 is 0 Å². The second-order valence-corrected chi connectivity index (χ2v) is 5.18. The highest BCUT2D eigenvalue weighted by atomic mass is 16.5. The van der Waals surface area contributed by atoms with Crippen LogP contribution in [0.5, 0.6) is 5.75 Å². The molecule has 0 aliphatic carbocycles. The van der Waals surface area contributed by atoms with Crippen molar-refractivity contribution >= 4 is 28.3 Å². The normalized spacial score (nSPS) is 11.9. The van der Waals surface area contributed by atoms with Gasteiger partial charge in [-0.3, -0.25) is 4.79 Å². The van der Waals surface area contributed by atoms with E-state index in [1.54, 1.807) is 26.2 Å². The Balaban J connectivity index is 2.30. The maximum atomic E-state index is 12.1. The first-order valence-electron chi connectivity index (χ1n) is 7.19. The molecule has 6 nitrogen and oxygen atoms in total. The van der Waals surface area contributed by atoms with E-state index in [4.69, 9.17) is 14.6 Å². The van der Waals surface area contributed by atoms with Crippen LogP contribution in [0.3, 0.4) is 0 Å². The summed E-state index contributed by atoms with van der Waals surface area (Å²) in [6.45, 7) is 1.70. The van der Waals surface area contributed by atoms with E-state index in [-0.39, 0.29) is 11.8 Å². The number of carboxylic acids is 1. The van der Waals surface area contributed by atoms with Gasteiger partial charge >= 0.3 is 5.97 Å². The molecule has 0 radical (unpaired) electrons. The number of benzene rings is 2. The van der Waals surface area contributed by atoms with Crippen molar-refractivity contribution in [2.75, 3.05) is 25.6 Å². The second-order valence-electron chi connectivity index (χ2n) is 5.18. The van der Waals surface area contributed by atoms with Crippen LogP contribution in [0.25, 0.3) is 10.8 Å². The average molecular weight is 317 g/mol. The van der Waals surface area contributed by atoms with E-state index in [1.165, 1.54) is 0 Å². The minimum Gasteiger partial charge on any atom is -0.481 e. The van der Waals surface area contributed by atoms with Crippen molar-refractivity contribution in [2.45, 2.75) is 6.92 Å². The zero-order valence-electron chi connectivity index (χ0n) is 13.0. The molecule has 23 heavy (non-hydrogen) atoms. The predicted octanol–water partition coefficient (Wildman–Crippen LogP) is 2.52. The number of carbonyl (C=O) groups is 2. The van der Waals surface area contributed by atoms with Crippen LogP contribution in [0.1, 0.15) is 6.92 Å². The van der Waals surface area contributed by atoms with E-state index < -0.39 is 12.6 Å². The van der Waals surface area contributed by atoms with Gasteiger partial charge in [-0.05, 0) is 12.1 Å². The second kappa shape index (κ2) is 7.60. The van der Waals surface area contributed by atoms with Crippen LogP contribution in [-0.2, 0) is 14.3 Å². The minimum absolute atomic E-state index is 0.142. The van der Waals surface area contributed by atoms with Crippen molar-refractivity contribution in [3.05, 3.63) is 36.4 Å². The molecule has 0 heterocycles. The third-order valence-corrected chi connectivity index (χ3v) is 3.36. The predicted molar refractivity (Wildman–Crippen MR) is 86.7 cm³/mol. The third kappa shape index (κ3) is 4.20. The Morgan fingerprint density at radius 3 is 2.52 bits per heavy atom. The molecule has 1 unspecified atom stereocenters. The van der Waals surface area contributed by atoms with Crippen molar-refractivity contribution < 1.29 is 24.2 Å². The van der Waals surface area contributed by atoms with Gasteiger partial charge in [0.05, 0.1) is 12.5 Å². The lowest BCUT2D eigenvalue weighted by molar-refractivity contribution is -0.139. The Morgan fingerprint density at radius 2 is 1.87 bits per heavy atom. The van der Waals surface area contributed by atoms with Crippen molar-refractivity contribution in [2.24, 2.45) is 5.92 Å². The molecule has 1 atom stereocenters. The van der Waals surface area contributed by atoms with Gasteiger partial charge in [0.1, 0.15) is 5.75 Å². The Kier molecular flexibility index (Phi) is 5.54. The molecule has 0 aliphatic rings. The number of ether oxygens (including phenoxy) is 2. The summed E-state index contributed by atoms with van der Waals surface area (Å²) in [6.07, 6.45) is 0. The van der Waals surface area contributed by atoms with Gasteiger partial charge in [-0.1, -0.05) is 31.2 Å². The number of hydrogen-bond donors (Lipinski definition) is 2. The van der Waals surface area contributed by atoms with Gasteiger partial charge in [0.15, 0.2) is 6.61 Å². The molecular formula is C17H19NO5. The number of nitrogens with one attached hydrogen (secondary N) is 1. The lowest BCUT2D eigenvalue weighted by Gasteiger charge is -2.15. The molecule has 0 bridgehead atoms. The van der Waals surface area contributed by atoms with Crippen molar-refractivity contribution in [3.8, 4) is 5.75 Å². The number of methoxy groups -OCH3 is 1. The monoisotopic (exact) mass is 317 g/mol. The first-order chi connectivity index (χ1) is 11.0. The van der Waals surface area contributed by atoms with E-state index in [0.29, 0.717) is 18.0 Å². The molecule has 2 N–H and O–H groups in total. The molecular weight excluding hydrogens is 298 g/mol. The Bertz CT molecular complexity index is 713. The van der Waals surface area contributed by atoms with Crippen molar-refractivity contribution in [3.63, 3.8) is 0 Å². The highest BCUT2D eigenvalue weighted by Crippen LogP contribution is 2.31. The number of rotatable bonds is 7. The van der Waals surface area contributed by atoms with Crippen LogP contribution >= 0.6 is 0 Å². The van der Waals surface area contributed by atoms with Gasteiger partial charge in [-0.25, -0.2) is 4.79 Å². The minimum atomic E-state index is -1.04. The van der Waals surface area contributed by atoms with Crippen LogP contribution in [0.15, 0.2) is 36.4 Å². The lowest BCUT2D eigenvalue weighted by atomic mass is 10.1. The quantitative estimate of drug-likeness (QED) is 0.819. The molecule has 2 aromatic rings. The molecule has 2 aromatic carbocycles. The Labute approximate surface area is 134 Å². The topological polar surface area (TPSA) is 84.9 Å². The van der Waals surface area contributed by atoms with Crippen LogP contribution < -0.4 is 10.1 Å². The first-order valence-corrected chi connectivity index (χ1v) is 7.19. The van der Waals surface area contributed by atoms with Crippen LogP contribution in [0, 0.1) is 5.92 Å². The van der Waals surface area contributed by atoms with E-state index in [1.807, 2.05) is 24.3 Å². The van der Waals surface area contributed by atoms with Crippen molar-refractivity contribution in [1.29, 1.82) is 0 Å². The van der Waals surface area contributed by atoms with Crippen LogP contribution in [0.4, 0.5) is 5.69 Å². The standard InChI is InChI=1S/C17H19NO5/c1-11(9-22-2)17(21)18-14-7-8-15(23-10-16(19)20)13-6-4-3-5-12(13)14/h3-8,11H,9-10H2,1-2H3,(H,18,21)(H,19,20). The summed E-state index contributed by atoms with van der Waals surface area (Å²) in [7, 11) is 1.55. The van der Waals surface area contributed by atoms with E-state index in [0.717, 1.165) is 10.8 Å². The summed E-state index contributed by atoms with van der Waals surface area (Å²) in [5.41, 5.74) is 0.649. The first kappa shape index (κ1) is 16.8. The van der Waals surface area contributed by atoms with Gasteiger partial charge in [-0.2, -0.15) is 0 Å². The summed E-state index contributed by atoms with van der Waals surface area (Å²) in [5.74, 6) is -0.997. The molecule has 2 rings (SSSR count). The number of anilines is 1. The molecule has 0 aliphatic heterocycles. The molecule has 0 aromatic heterocycles. The number of fused-ring (bicyclic) bond motifs is 1. The molecule has 122 valence electrons. The fraction of sp³-hybridized carbons (Fsp3) is 0.294. The van der Waals surface area contributed by atoms with Crippen LogP contribution in [0.2, 0.25) is 0 Å². The fourth-order valence-corrected chi connectivity index (χ4v) is 2.23. The highest BCUT2D eigenvalue weighted by molar-refractivity contribution is 6.04. The number of aliphatic carboxylic acids is 1. The van der Waals surface area contributed by atoms with Gasteiger partial charge in [0.2, 0.25) is 5.91 Å². The molecule has 1 amide bonds. The maximum Gasteiger partial charge on any atom is 0.341 e. The number of hydrogen-bond acceptors (Lipinski definition) is 4. The van der Waals surface area contributed by atoms with Crippen LogP contribution in [-0.4, -0.2) is 37.3 Å². The zero-order chi connectivity index (χ0) is 16.8. The van der Waals surface area contributed by atoms with Gasteiger partial charge in [-0.15, -0.1) is 0 Å². The Hall–Kier alpha value is -2.60. The SMILES string of the molecule is COCC(C)C(=O)Nc1ccc(OCC(=O)O)c2ccccc12. The molecule has 0 saturated heterocycles. The van der Waals surface area contributed by atoms with Crippen molar-refractivity contribution in [1.82, 2.24) is 0 Å². The third-order valence-electron chi connectivity index (χ3n) is 3.36. The summed E-state index contributed by atoms with van der Waals surface area (Å²) < 4.78 is 10.3. The molecule has 0 fully saturated rings. The summed E-state index contributed by atoms with van der Waals surface area (Å²) >= 11 is 0. The van der Waals surface area contributed by atoms with Gasteiger partial charge in [0.25, 0.3) is 0 Å².